The van der Waals surface area contributed by atoms with Crippen LogP contribution in [0.25, 0.3) is 65.0 Å². The maximum absolute atomic E-state index is 12.7. The monoisotopic (exact) mass is 302 g/mol. The molecule has 0 aromatic heterocycles. The van der Waals surface area contributed by atoms with Crippen molar-refractivity contribution in [2.75, 3.05) is 0 Å². The van der Waals surface area contributed by atoms with Crippen LogP contribution >= 0.6 is 0 Å². The zero-order chi connectivity index (χ0) is 15.6. The minimum atomic E-state index is 0.132. The molecule has 2 aliphatic carbocycles. The highest BCUT2D eigenvalue weighted by atomic mass is 16.1. The van der Waals surface area contributed by atoms with E-state index in [0.29, 0.717) is 0 Å². The molecule has 7 rings (SSSR count). The third kappa shape index (κ3) is 1.01. The van der Waals surface area contributed by atoms with E-state index in [4.69, 9.17) is 0 Å². The first-order valence-electron chi connectivity index (χ1n) is 8.25. The third-order valence-electron chi connectivity index (χ3n) is 5.83. The van der Waals surface area contributed by atoms with Gasteiger partial charge < -0.3 is 0 Å². The van der Waals surface area contributed by atoms with Gasteiger partial charge in [0.2, 0.25) is 0 Å². The van der Waals surface area contributed by atoms with Crippen molar-refractivity contribution in [1.29, 1.82) is 0 Å². The van der Waals surface area contributed by atoms with Gasteiger partial charge in [0.15, 0.2) is 5.43 Å². The minimum absolute atomic E-state index is 0.132. The van der Waals surface area contributed by atoms with E-state index < -0.39 is 0 Å². The standard InChI is InChI=1S/C23H10O/c24-17-10-15-8-6-13-4-2-11-1-3-12-5-7-14-9-16(17)23-21(14)19(12)18(11)20(13)22(15)23/h1-10H. The summed E-state index contributed by atoms with van der Waals surface area (Å²) in [6.07, 6.45) is 0. The van der Waals surface area contributed by atoms with Crippen LogP contribution in [0.5, 0.6) is 0 Å². The quantitative estimate of drug-likeness (QED) is 0.260. The van der Waals surface area contributed by atoms with Gasteiger partial charge in [0, 0.05) is 11.1 Å². The zero-order valence-electron chi connectivity index (χ0n) is 12.7. The molecule has 5 aromatic carbocycles. The van der Waals surface area contributed by atoms with Gasteiger partial charge in [-0.15, -0.1) is 0 Å². The molecule has 0 saturated heterocycles. The smallest absolute Gasteiger partial charge is 0.187 e. The van der Waals surface area contributed by atoms with Crippen LogP contribution < -0.4 is 5.43 Å². The van der Waals surface area contributed by atoms with E-state index in [9.17, 15) is 4.79 Å². The fourth-order valence-corrected chi connectivity index (χ4v) is 4.90. The van der Waals surface area contributed by atoms with Crippen molar-refractivity contribution in [2.45, 2.75) is 0 Å². The van der Waals surface area contributed by atoms with Gasteiger partial charge in [0.1, 0.15) is 0 Å². The third-order valence-corrected chi connectivity index (χ3v) is 5.83. The van der Waals surface area contributed by atoms with E-state index in [0.717, 1.165) is 16.5 Å². The summed E-state index contributed by atoms with van der Waals surface area (Å²) in [6.45, 7) is 0. The molecule has 108 valence electrons. The number of hydrogen-bond acceptors (Lipinski definition) is 1. The van der Waals surface area contributed by atoms with Crippen molar-refractivity contribution >= 4 is 53.9 Å². The minimum Gasteiger partial charge on any atom is -0.289 e. The number of benzene rings is 6. The van der Waals surface area contributed by atoms with Crippen LogP contribution in [-0.2, 0) is 0 Å². The lowest BCUT2D eigenvalue weighted by Gasteiger charge is -2.18. The van der Waals surface area contributed by atoms with Crippen LogP contribution in [0.15, 0.2) is 65.5 Å². The molecule has 5 aromatic rings. The lowest BCUT2D eigenvalue weighted by Crippen LogP contribution is -2.03. The van der Waals surface area contributed by atoms with Crippen LogP contribution in [0.3, 0.4) is 0 Å². The summed E-state index contributed by atoms with van der Waals surface area (Å²) in [5.74, 6) is 0. The largest absolute Gasteiger partial charge is 0.289 e. The Hall–Kier alpha value is -3.19. The Bertz CT molecular complexity index is 1550. The van der Waals surface area contributed by atoms with Gasteiger partial charge in [-0.05, 0) is 66.0 Å². The SMILES string of the molecule is O=c1cc2ccc3ccc4ccc5ccc6cc1-c1c6c5c4c3c12. The summed E-state index contributed by atoms with van der Waals surface area (Å²) in [5, 5.41) is 12.5. The summed E-state index contributed by atoms with van der Waals surface area (Å²) < 4.78 is 0. The Labute approximate surface area is 136 Å². The molecule has 2 aliphatic rings. The normalized spacial score (nSPS) is 13.2. The van der Waals surface area contributed by atoms with E-state index in [1.807, 2.05) is 0 Å². The molecule has 0 unspecified atom stereocenters. The molecule has 0 aliphatic heterocycles. The molecule has 0 N–H and O–H groups in total. The second kappa shape index (κ2) is 3.34. The van der Waals surface area contributed by atoms with Crippen molar-refractivity contribution < 1.29 is 0 Å². The first-order valence-corrected chi connectivity index (χ1v) is 8.25. The van der Waals surface area contributed by atoms with E-state index in [2.05, 4.69) is 54.6 Å². The van der Waals surface area contributed by atoms with Gasteiger partial charge in [0.25, 0.3) is 0 Å². The molecule has 0 saturated carbocycles. The molecule has 0 spiro atoms. The van der Waals surface area contributed by atoms with Crippen LogP contribution in [0, 0.1) is 0 Å². The molecule has 1 nitrogen and oxygen atoms in total. The average molecular weight is 302 g/mol. The van der Waals surface area contributed by atoms with E-state index in [1.165, 1.54) is 48.5 Å². The van der Waals surface area contributed by atoms with Crippen LogP contribution in [0.2, 0.25) is 0 Å². The lowest BCUT2D eigenvalue weighted by atomic mass is 9.84. The summed E-state index contributed by atoms with van der Waals surface area (Å²) in [6, 6.07) is 21.3. The molecular weight excluding hydrogens is 292 g/mol. The average Bonchev–Trinajstić information content (AvgIpc) is 3.01. The molecule has 0 fully saturated rings. The van der Waals surface area contributed by atoms with E-state index >= 15 is 0 Å². The molecule has 1 heteroatoms. The first-order chi connectivity index (χ1) is 11.8. The summed E-state index contributed by atoms with van der Waals surface area (Å²) in [7, 11) is 0. The second-order valence-corrected chi connectivity index (χ2v) is 6.93. The fourth-order valence-electron chi connectivity index (χ4n) is 4.90. The molecule has 0 heterocycles. The fraction of sp³-hybridized carbons (Fsp3) is 0. The maximum atomic E-state index is 12.7. The van der Waals surface area contributed by atoms with Crippen molar-refractivity contribution in [3.8, 4) is 11.1 Å². The predicted octanol–water partition coefficient (Wildman–Crippen LogP) is 5.67. The zero-order valence-corrected chi connectivity index (χ0v) is 12.7. The summed E-state index contributed by atoms with van der Waals surface area (Å²) >= 11 is 0. The van der Waals surface area contributed by atoms with Crippen LogP contribution in [-0.4, -0.2) is 0 Å². The highest BCUT2D eigenvalue weighted by Crippen LogP contribution is 2.50. The van der Waals surface area contributed by atoms with E-state index in [1.54, 1.807) is 6.07 Å². The Morgan fingerprint density at radius 3 is 1.42 bits per heavy atom. The molecule has 0 radical (unpaired) electrons. The van der Waals surface area contributed by atoms with E-state index in [-0.39, 0.29) is 5.43 Å². The van der Waals surface area contributed by atoms with Gasteiger partial charge in [-0.2, -0.15) is 0 Å². The maximum Gasteiger partial charge on any atom is 0.187 e. The molecule has 0 bridgehead atoms. The Morgan fingerprint density at radius 2 is 0.875 bits per heavy atom. The summed E-state index contributed by atoms with van der Waals surface area (Å²) in [5.41, 5.74) is 2.16. The number of hydrogen-bond donors (Lipinski definition) is 0. The predicted molar refractivity (Wildman–Crippen MR) is 102 cm³/mol. The Morgan fingerprint density at radius 1 is 0.458 bits per heavy atom. The molecule has 24 heavy (non-hydrogen) atoms. The second-order valence-electron chi connectivity index (χ2n) is 6.93. The first kappa shape index (κ1) is 11.4. The van der Waals surface area contributed by atoms with Crippen LogP contribution in [0.1, 0.15) is 0 Å². The Kier molecular flexibility index (Phi) is 1.58. The van der Waals surface area contributed by atoms with Gasteiger partial charge in [0.05, 0.1) is 0 Å². The van der Waals surface area contributed by atoms with Gasteiger partial charge >= 0.3 is 0 Å². The summed E-state index contributed by atoms with van der Waals surface area (Å²) in [4.78, 5) is 12.7. The highest BCUT2D eigenvalue weighted by molar-refractivity contribution is 6.41. The lowest BCUT2D eigenvalue weighted by molar-refractivity contribution is 1.66. The van der Waals surface area contributed by atoms with Crippen molar-refractivity contribution in [3.63, 3.8) is 0 Å². The molecule has 0 atom stereocenters. The highest BCUT2D eigenvalue weighted by Gasteiger charge is 2.25. The van der Waals surface area contributed by atoms with Gasteiger partial charge in [-0.1, -0.05) is 48.5 Å². The van der Waals surface area contributed by atoms with Crippen molar-refractivity contribution in [1.82, 2.24) is 0 Å². The molecular formula is C23H10O. The van der Waals surface area contributed by atoms with Crippen LogP contribution in [0.4, 0.5) is 0 Å². The molecule has 0 amide bonds. The Balaban J connectivity index is 2.10. The van der Waals surface area contributed by atoms with Gasteiger partial charge in [-0.25, -0.2) is 0 Å². The van der Waals surface area contributed by atoms with Crippen molar-refractivity contribution in [3.05, 3.63) is 70.9 Å². The number of rotatable bonds is 0. The van der Waals surface area contributed by atoms with Crippen molar-refractivity contribution in [2.24, 2.45) is 0 Å². The van der Waals surface area contributed by atoms with Gasteiger partial charge in [-0.3, -0.25) is 4.79 Å². The topological polar surface area (TPSA) is 17.1 Å².